The fourth-order valence-electron chi connectivity index (χ4n) is 3.32. The van der Waals surface area contributed by atoms with Crippen molar-refractivity contribution in [3.05, 3.63) is 64.1 Å². The highest BCUT2D eigenvalue weighted by molar-refractivity contribution is 7.89. The highest BCUT2D eigenvalue weighted by Crippen LogP contribution is 2.25. The maximum Gasteiger partial charge on any atom is 0.243 e. The van der Waals surface area contributed by atoms with Crippen LogP contribution in [0.2, 0.25) is 10.0 Å². The second-order valence-corrected chi connectivity index (χ2v) is 10.2. The molecule has 0 aliphatic carbocycles. The minimum absolute atomic E-state index is 0.0318. The van der Waals surface area contributed by atoms with Crippen molar-refractivity contribution in [3.63, 3.8) is 0 Å². The van der Waals surface area contributed by atoms with Gasteiger partial charge in [0.2, 0.25) is 15.9 Å². The van der Waals surface area contributed by atoms with Crippen LogP contribution in [-0.4, -0.2) is 43.2 Å². The molecule has 2 aromatic carbocycles. The molecule has 8 heteroatoms. The van der Waals surface area contributed by atoms with E-state index in [1.165, 1.54) is 16.4 Å². The lowest BCUT2D eigenvalue weighted by atomic mass is 9.99. The minimum atomic E-state index is -3.86. The average Bonchev–Trinajstić information content (AvgIpc) is 2.71. The van der Waals surface area contributed by atoms with Crippen LogP contribution in [-0.2, 0) is 21.4 Å². The summed E-state index contributed by atoms with van der Waals surface area (Å²) in [6, 6.07) is 13.1. The molecule has 1 heterocycles. The predicted molar refractivity (Wildman–Crippen MR) is 115 cm³/mol. The lowest BCUT2D eigenvalue weighted by Gasteiger charge is -2.32. The van der Waals surface area contributed by atoms with E-state index in [0.717, 1.165) is 12.8 Å². The van der Waals surface area contributed by atoms with Crippen molar-refractivity contribution >= 4 is 39.1 Å². The smallest absolute Gasteiger partial charge is 0.243 e. The number of rotatable bonds is 6. The highest BCUT2D eigenvalue weighted by Gasteiger charge is 2.29. The number of amides is 1. The zero-order chi connectivity index (χ0) is 21.0. The van der Waals surface area contributed by atoms with E-state index < -0.39 is 10.0 Å². The van der Waals surface area contributed by atoms with Crippen molar-refractivity contribution in [2.75, 3.05) is 19.6 Å². The summed E-state index contributed by atoms with van der Waals surface area (Å²) in [7, 11) is -3.86. The van der Waals surface area contributed by atoms with Gasteiger partial charge in [-0.1, -0.05) is 54.4 Å². The van der Waals surface area contributed by atoms with Crippen molar-refractivity contribution in [2.45, 2.75) is 31.2 Å². The van der Waals surface area contributed by atoms with Crippen LogP contribution in [0.15, 0.2) is 53.4 Å². The number of hydrogen-bond donors (Lipinski definition) is 0. The van der Waals surface area contributed by atoms with Gasteiger partial charge in [0.1, 0.15) is 0 Å². The second-order valence-electron chi connectivity index (χ2n) is 7.40. The fraction of sp³-hybridized carbons (Fsp3) is 0.381. The lowest BCUT2D eigenvalue weighted by molar-refractivity contribution is -0.132. The molecule has 1 aliphatic heterocycles. The molecule has 3 rings (SSSR count). The summed E-state index contributed by atoms with van der Waals surface area (Å²) in [5.41, 5.74) is 0.666. The molecule has 1 aliphatic rings. The molecule has 0 bridgehead atoms. The number of sulfonamides is 1. The maximum absolute atomic E-state index is 13.3. The normalized spacial score (nSPS) is 15.7. The van der Waals surface area contributed by atoms with Crippen LogP contribution in [0, 0.1) is 5.92 Å². The Bertz CT molecular complexity index is 959. The van der Waals surface area contributed by atoms with Gasteiger partial charge < -0.3 is 4.90 Å². The Morgan fingerprint density at radius 3 is 2.34 bits per heavy atom. The second kappa shape index (κ2) is 9.47. The fourth-order valence-corrected chi connectivity index (χ4v) is 5.04. The number of piperidine rings is 1. The molecular formula is C21H24Cl2N2O3S. The Labute approximate surface area is 182 Å². The first-order valence-electron chi connectivity index (χ1n) is 9.54. The highest BCUT2D eigenvalue weighted by atomic mass is 35.5. The third kappa shape index (κ3) is 5.51. The topological polar surface area (TPSA) is 57.7 Å². The van der Waals surface area contributed by atoms with Crippen molar-refractivity contribution < 1.29 is 13.2 Å². The monoisotopic (exact) mass is 454 g/mol. The van der Waals surface area contributed by atoms with Gasteiger partial charge in [0.15, 0.2) is 0 Å². The van der Waals surface area contributed by atoms with Gasteiger partial charge in [-0.3, -0.25) is 4.79 Å². The molecule has 0 saturated carbocycles. The number of nitrogens with zero attached hydrogens (tertiary/aromatic N) is 2. The molecule has 1 saturated heterocycles. The molecule has 0 radical (unpaired) electrons. The van der Waals surface area contributed by atoms with E-state index in [4.69, 9.17) is 23.2 Å². The summed E-state index contributed by atoms with van der Waals surface area (Å²) in [5, 5.41) is 0.740. The molecule has 2 aromatic rings. The van der Waals surface area contributed by atoms with Crippen molar-refractivity contribution in [3.8, 4) is 0 Å². The summed E-state index contributed by atoms with van der Waals surface area (Å²) in [6.45, 7) is 3.30. The Hall–Kier alpha value is -1.60. The van der Waals surface area contributed by atoms with E-state index in [-0.39, 0.29) is 23.9 Å². The summed E-state index contributed by atoms with van der Waals surface area (Å²) in [5.74, 6) is 0.399. The molecule has 156 valence electrons. The number of carbonyl (C=O) groups is 1. The maximum atomic E-state index is 13.3. The summed E-state index contributed by atoms with van der Waals surface area (Å²) in [4.78, 5) is 14.8. The van der Waals surface area contributed by atoms with Crippen LogP contribution in [0.4, 0.5) is 0 Å². The van der Waals surface area contributed by atoms with Gasteiger partial charge in [-0.15, -0.1) is 0 Å². The number of benzene rings is 2. The third-order valence-corrected chi connectivity index (χ3v) is 7.72. The first-order chi connectivity index (χ1) is 13.8. The van der Waals surface area contributed by atoms with E-state index in [2.05, 4.69) is 6.92 Å². The van der Waals surface area contributed by atoms with Crippen molar-refractivity contribution in [1.82, 2.24) is 9.21 Å². The third-order valence-electron chi connectivity index (χ3n) is 5.17. The lowest BCUT2D eigenvalue weighted by Crippen LogP contribution is -2.45. The van der Waals surface area contributed by atoms with Crippen LogP contribution in [0.1, 0.15) is 25.3 Å². The first kappa shape index (κ1) is 22.1. The molecule has 0 aromatic heterocycles. The van der Waals surface area contributed by atoms with E-state index in [0.29, 0.717) is 34.6 Å². The number of carbonyl (C=O) groups excluding carboxylic acids is 1. The van der Waals surface area contributed by atoms with Gasteiger partial charge in [0.05, 0.1) is 21.5 Å². The molecular weight excluding hydrogens is 431 g/mol. The Balaban J connectivity index is 1.86. The predicted octanol–water partition coefficient (Wildman–Crippen LogP) is 4.44. The molecule has 0 atom stereocenters. The standard InChI is InChI=1S/C21H24Cl2N2O3S/c1-16-9-11-24(12-10-16)21(26)15-25(14-17-7-8-19(22)20(23)13-17)29(27,28)18-5-3-2-4-6-18/h2-8,13,16H,9-12,14-15H2,1H3. The minimum Gasteiger partial charge on any atom is -0.342 e. The van der Waals surface area contributed by atoms with Gasteiger partial charge in [-0.25, -0.2) is 8.42 Å². The SMILES string of the molecule is CC1CCN(C(=O)CN(Cc2ccc(Cl)c(Cl)c2)S(=O)(=O)c2ccccc2)CC1. The molecule has 1 fully saturated rings. The van der Waals surface area contributed by atoms with Crippen molar-refractivity contribution in [2.24, 2.45) is 5.92 Å². The molecule has 0 spiro atoms. The van der Waals surface area contributed by atoms with E-state index >= 15 is 0 Å². The first-order valence-corrected chi connectivity index (χ1v) is 11.7. The van der Waals surface area contributed by atoms with Gasteiger partial charge >= 0.3 is 0 Å². The van der Waals surface area contributed by atoms with Crippen LogP contribution < -0.4 is 0 Å². The van der Waals surface area contributed by atoms with E-state index in [9.17, 15) is 13.2 Å². The van der Waals surface area contributed by atoms with Crippen LogP contribution >= 0.6 is 23.2 Å². The quantitative estimate of drug-likeness (QED) is 0.647. The van der Waals surface area contributed by atoms with Gasteiger partial charge in [0, 0.05) is 19.6 Å². The average molecular weight is 455 g/mol. The Morgan fingerprint density at radius 2 is 1.72 bits per heavy atom. The summed E-state index contributed by atoms with van der Waals surface area (Å²) in [6.07, 6.45) is 1.87. The number of hydrogen-bond acceptors (Lipinski definition) is 3. The zero-order valence-electron chi connectivity index (χ0n) is 16.2. The largest absolute Gasteiger partial charge is 0.342 e. The number of likely N-dealkylation sites (tertiary alicyclic amines) is 1. The van der Waals surface area contributed by atoms with E-state index in [1.807, 2.05) is 0 Å². The Morgan fingerprint density at radius 1 is 1.07 bits per heavy atom. The zero-order valence-corrected chi connectivity index (χ0v) is 18.6. The molecule has 29 heavy (non-hydrogen) atoms. The van der Waals surface area contributed by atoms with Gasteiger partial charge in [0.25, 0.3) is 0 Å². The van der Waals surface area contributed by atoms with Crippen LogP contribution in [0.3, 0.4) is 0 Å². The van der Waals surface area contributed by atoms with Gasteiger partial charge in [-0.2, -0.15) is 4.31 Å². The van der Waals surface area contributed by atoms with Gasteiger partial charge in [-0.05, 0) is 48.6 Å². The molecule has 5 nitrogen and oxygen atoms in total. The van der Waals surface area contributed by atoms with Crippen molar-refractivity contribution in [1.29, 1.82) is 0 Å². The van der Waals surface area contributed by atoms with Crippen LogP contribution in [0.25, 0.3) is 0 Å². The molecule has 0 unspecified atom stereocenters. The Kier molecular flexibility index (Phi) is 7.22. The summed E-state index contributed by atoms with van der Waals surface area (Å²) < 4.78 is 27.7. The van der Waals surface area contributed by atoms with E-state index in [1.54, 1.807) is 41.3 Å². The molecule has 0 N–H and O–H groups in total. The van der Waals surface area contributed by atoms with Crippen LogP contribution in [0.5, 0.6) is 0 Å². The summed E-state index contributed by atoms with van der Waals surface area (Å²) >= 11 is 12.1. The number of halogens is 2. The molecule has 1 amide bonds.